The van der Waals surface area contributed by atoms with Crippen molar-refractivity contribution in [3.63, 3.8) is 0 Å². The van der Waals surface area contributed by atoms with Crippen molar-refractivity contribution in [1.29, 1.82) is 5.26 Å². The van der Waals surface area contributed by atoms with Crippen LogP contribution in [0.3, 0.4) is 0 Å². The van der Waals surface area contributed by atoms with Gasteiger partial charge in [-0.2, -0.15) is 10.4 Å². The maximum atomic E-state index is 11.6. The second-order valence-corrected chi connectivity index (χ2v) is 5.74. The normalized spacial score (nSPS) is 10.2. The van der Waals surface area contributed by atoms with E-state index in [1.807, 2.05) is 48.5 Å². The molecule has 0 saturated carbocycles. The van der Waals surface area contributed by atoms with Crippen LogP contribution in [0.5, 0.6) is 0 Å². The van der Waals surface area contributed by atoms with Crippen LogP contribution in [0.15, 0.2) is 54.7 Å². The van der Waals surface area contributed by atoms with E-state index in [0.717, 1.165) is 16.7 Å². The summed E-state index contributed by atoms with van der Waals surface area (Å²) >= 11 is 0. The van der Waals surface area contributed by atoms with Gasteiger partial charge in [0.05, 0.1) is 30.1 Å². The number of primary amides is 2. The summed E-state index contributed by atoms with van der Waals surface area (Å²) in [5, 5.41) is 15.3. The molecule has 134 valence electrons. The van der Waals surface area contributed by atoms with Crippen LogP contribution in [-0.2, 0) is 6.42 Å². The Bertz CT molecular complexity index is 1050. The van der Waals surface area contributed by atoms with E-state index in [1.54, 1.807) is 0 Å². The maximum Gasteiger partial charge on any atom is 0.316 e. The van der Waals surface area contributed by atoms with Gasteiger partial charge >= 0.3 is 6.03 Å². The number of nitrogens with two attached hydrogens (primary N) is 2. The molecular formula is C19H16N6O2. The number of para-hydroxylation sites is 1. The van der Waals surface area contributed by atoms with Gasteiger partial charge in [-0.25, -0.2) is 9.48 Å². The van der Waals surface area contributed by atoms with E-state index in [0.29, 0.717) is 12.1 Å². The molecule has 0 unspecified atom stereocenters. The number of rotatable bonds is 5. The van der Waals surface area contributed by atoms with Crippen LogP contribution in [0.1, 0.15) is 16.1 Å². The molecule has 0 atom stereocenters. The Morgan fingerprint density at radius 3 is 2.44 bits per heavy atom. The van der Waals surface area contributed by atoms with Crippen LogP contribution in [0.4, 0.5) is 10.5 Å². The third-order valence-corrected chi connectivity index (χ3v) is 3.90. The molecule has 27 heavy (non-hydrogen) atoms. The van der Waals surface area contributed by atoms with Crippen LogP contribution < -0.4 is 16.8 Å². The summed E-state index contributed by atoms with van der Waals surface area (Å²) < 4.78 is 1.46. The molecule has 1 heterocycles. The lowest BCUT2D eigenvalue weighted by Crippen LogP contribution is -2.22. The standard InChI is InChI=1S/C19H16N6O2/c20-10-9-12-5-7-13(8-6-12)14-3-1-2-4-16(14)25-11-15(23-19(22)27)17(24-25)18(21)26/h1-8,11H,9H2,(H2,21,26)(H3,22,23,27). The second kappa shape index (κ2) is 7.41. The van der Waals surface area contributed by atoms with Crippen LogP contribution >= 0.6 is 0 Å². The molecule has 2 aromatic carbocycles. The van der Waals surface area contributed by atoms with Gasteiger partial charge in [-0.05, 0) is 17.2 Å². The molecular weight excluding hydrogens is 344 g/mol. The molecule has 0 aliphatic carbocycles. The zero-order valence-corrected chi connectivity index (χ0v) is 14.2. The number of amides is 3. The number of carbonyl (C=O) groups is 2. The molecule has 5 N–H and O–H groups in total. The lowest BCUT2D eigenvalue weighted by molar-refractivity contribution is 0.0996. The van der Waals surface area contributed by atoms with Crippen LogP contribution in [-0.4, -0.2) is 21.7 Å². The van der Waals surface area contributed by atoms with Gasteiger partial charge in [-0.15, -0.1) is 0 Å². The van der Waals surface area contributed by atoms with Crippen LogP contribution in [0.25, 0.3) is 16.8 Å². The highest BCUT2D eigenvalue weighted by atomic mass is 16.2. The predicted molar refractivity (Wildman–Crippen MR) is 100 cm³/mol. The van der Waals surface area contributed by atoms with Crippen LogP contribution in [0.2, 0.25) is 0 Å². The first kappa shape index (κ1) is 17.7. The van der Waals surface area contributed by atoms with Crippen molar-refractivity contribution >= 4 is 17.6 Å². The van der Waals surface area contributed by atoms with Gasteiger partial charge in [0.1, 0.15) is 0 Å². The van der Waals surface area contributed by atoms with Gasteiger partial charge in [0.15, 0.2) is 5.69 Å². The van der Waals surface area contributed by atoms with Gasteiger partial charge in [0, 0.05) is 5.56 Å². The highest BCUT2D eigenvalue weighted by Gasteiger charge is 2.17. The molecule has 1 aromatic heterocycles. The topological polar surface area (TPSA) is 140 Å². The summed E-state index contributed by atoms with van der Waals surface area (Å²) in [7, 11) is 0. The monoisotopic (exact) mass is 360 g/mol. The SMILES string of the molecule is N#CCc1ccc(-c2ccccc2-n2cc(NC(N)=O)c(C(N)=O)n2)cc1. The quantitative estimate of drug-likeness (QED) is 0.641. The van der Waals surface area contributed by atoms with E-state index in [2.05, 4.69) is 16.5 Å². The van der Waals surface area contributed by atoms with Gasteiger partial charge in [-0.1, -0.05) is 42.5 Å². The summed E-state index contributed by atoms with van der Waals surface area (Å²) in [4.78, 5) is 22.8. The summed E-state index contributed by atoms with van der Waals surface area (Å²) in [6.45, 7) is 0. The van der Waals surface area contributed by atoms with Crippen molar-refractivity contribution in [2.75, 3.05) is 5.32 Å². The lowest BCUT2D eigenvalue weighted by atomic mass is 10.0. The highest BCUT2D eigenvalue weighted by molar-refractivity contribution is 6.00. The van der Waals surface area contributed by atoms with E-state index in [4.69, 9.17) is 16.7 Å². The van der Waals surface area contributed by atoms with E-state index in [-0.39, 0.29) is 11.4 Å². The second-order valence-electron chi connectivity index (χ2n) is 5.74. The van der Waals surface area contributed by atoms with Gasteiger partial charge in [-0.3, -0.25) is 4.79 Å². The fraction of sp³-hybridized carbons (Fsp3) is 0.0526. The van der Waals surface area contributed by atoms with E-state index in [9.17, 15) is 9.59 Å². The number of nitrogens with zero attached hydrogens (tertiary/aromatic N) is 3. The van der Waals surface area contributed by atoms with Crippen LogP contribution in [0, 0.1) is 11.3 Å². The summed E-state index contributed by atoms with van der Waals surface area (Å²) in [6, 6.07) is 16.3. The number of hydrogen-bond acceptors (Lipinski definition) is 4. The molecule has 0 aliphatic rings. The minimum Gasteiger partial charge on any atom is -0.364 e. The summed E-state index contributed by atoms with van der Waals surface area (Å²) in [6.07, 6.45) is 1.82. The minimum atomic E-state index is -0.821. The Morgan fingerprint density at radius 1 is 1.11 bits per heavy atom. The Balaban J connectivity index is 2.07. The van der Waals surface area contributed by atoms with Gasteiger partial charge < -0.3 is 16.8 Å². The van der Waals surface area contributed by atoms with E-state index in [1.165, 1.54) is 10.9 Å². The molecule has 3 aromatic rings. The molecule has 0 radical (unpaired) electrons. The molecule has 3 amide bonds. The molecule has 0 aliphatic heterocycles. The smallest absolute Gasteiger partial charge is 0.316 e. The molecule has 0 saturated heterocycles. The van der Waals surface area contributed by atoms with Crippen molar-refractivity contribution < 1.29 is 9.59 Å². The Morgan fingerprint density at radius 2 is 1.81 bits per heavy atom. The molecule has 8 nitrogen and oxygen atoms in total. The fourth-order valence-corrected chi connectivity index (χ4v) is 2.71. The first-order valence-corrected chi connectivity index (χ1v) is 8.01. The zero-order valence-electron chi connectivity index (χ0n) is 14.2. The average molecular weight is 360 g/mol. The fourth-order valence-electron chi connectivity index (χ4n) is 2.71. The number of anilines is 1. The summed E-state index contributed by atoms with van der Waals surface area (Å²) in [5.41, 5.74) is 13.9. The molecule has 0 spiro atoms. The number of nitriles is 1. The third kappa shape index (κ3) is 3.77. The summed E-state index contributed by atoms with van der Waals surface area (Å²) in [5.74, 6) is -0.782. The first-order chi connectivity index (χ1) is 13.0. The van der Waals surface area contributed by atoms with E-state index < -0.39 is 11.9 Å². The average Bonchev–Trinajstić information content (AvgIpc) is 3.06. The Kier molecular flexibility index (Phi) is 4.86. The number of carbonyl (C=O) groups excluding carboxylic acids is 2. The van der Waals surface area contributed by atoms with E-state index >= 15 is 0 Å². The molecule has 0 fully saturated rings. The van der Waals surface area contributed by atoms with Gasteiger partial charge in [0.25, 0.3) is 5.91 Å². The van der Waals surface area contributed by atoms with Crippen molar-refractivity contribution in [2.24, 2.45) is 11.5 Å². The molecule has 8 heteroatoms. The third-order valence-electron chi connectivity index (χ3n) is 3.90. The van der Waals surface area contributed by atoms with Gasteiger partial charge in [0.2, 0.25) is 0 Å². The number of urea groups is 1. The Labute approximate surface area is 155 Å². The maximum absolute atomic E-state index is 11.6. The highest BCUT2D eigenvalue weighted by Crippen LogP contribution is 2.28. The van der Waals surface area contributed by atoms with Crippen molar-refractivity contribution in [3.05, 3.63) is 66.0 Å². The first-order valence-electron chi connectivity index (χ1n) is 8.01. The minimum absolute atomic E-state index is 0.0898. The predicted octanol–water partition coefficient (Wildman–Crippen LogP) is 2.19. The number of nitrogens with one attached hydrogen (secondary N) is 1. The molecule has 3 rings (SSSR count). The zero-order chi connectivity index (χ0) is 19.4. The van der Waals surface area contributed by atoms with Crippen molar-refractivity contribution in [2.45, 2.75) is 6.42 Å². The molecule has 0 bridgehead atoms. The van der Waals surface area contributed by atoms with Crippen molar-refractivity contribution in [3.8, 4) is 22.9 Å². The lowest BCUT2D eigenvalue weighted by Gasteiger charge is -2.10. The number of hydrogen-bond donors (Lipinski definition) is 3. The largest absolute Gasteiger partial charge is 0.364 e. The Hall–Kier alpha value is -4.12. The van der Waals surface area contributed by atoms with Crippen molar-refractivity contribution in [1.82, 2.24) is 9.78 Å². The number of benzene rings is 2. The number of aromatic nitrogens is 2.